The van der Waals surface area contributed by atoms with Crippen molar-refractivity contribution in [3.63, 3.8) is 0 Å². The second-order valence-electron chi connectivity index (χ2n) is 7.60. The molecule has 4 aromatic rings. The van der Waals surface area contributed by atoms with E-state index in [4.69, 9.17) is 0 Å². The fraction of sp³-hybridized carbons (Fsp3) is 0.174. The summed E-state index contributed by atoms with van der Waals surface area (Å²) in [4.78, 5) is 24.9. The third-order valence-electron chi connectivity index (χ3n) is 5.18. The van der Waals surface area contributed by atoms with Crippen LogP contribution in [0, 0.1) is 17.0 Å². The van der Waals surface area contributed by atoms with Gasteiger partial charge in [-0.05, 0) is 54.8 Å². The number of hydrogen-bond acceptors (Lipinski definition) is 5. The van der Waals surface area contributed by atoms with E-state index in [1.165, 1.54) is 17.7 Å². The van der Waals surface area contributed by atoms with Gasteiger partial charge in [0.2, 0.25) is 0 Å². The maximum Gasteiger partial charge on any atom is 0.273 e. The molecule has 0 bridgehead atoms. The number of nitro benzene ring substituents is 1. The van der Waals surface area contributed by atoms with Crippen LogP contribution in [0.15, 0.2) is 60.7 Å². The third-order valence-corrected chi connectivity index (χ3v) is 5.18. The van der Waals surface area contributed by atoms with Crippen molar-refractivity contribution in [1.29, 1.82) is 0 Å². The van der Waals surface area contributed by atoms with Crippen molar-refractivity contribution in [3.05, 3.63) is 87.5 Å². The van der Waals surface area contributed by atoms with E-state index < -0.39 is 10.8 Å². The van der Waals surface area contributed by atoms with Crippen molar-refractivity contribution in [3.8, 4) is 5.69 Å². The average molecular weight is 415 g/mol. The Kier molecular flexibility index (Phi) is 5.21. The van der Waals surface area contributed by atoms with Crippen LogP contribution >= 0.6 is 0 Å². The number of nitrogens with zero attached hydrogens (tertiary/aromatic N) is 4. The first-order valence-corrected chi connectivity index (χ1v) is 9.86. The lowest BCUT2D eigenvalue weighted by Crippen LogP contribution is -2.14. The first kappa shape index (κ1) is 20.2. The molecule has 0 aliphatic carbocycles. The van der Waals surface area contributed by atoms with E-state index >= 15 is 0 Å². The van der Waals surface area contributed by atoms with Crippen LogP contribution in [0.1, 0.15) is 41.3 Å². The molecule has 1 heterocycles. The van der Waals surface area contributed by atoms with Crippen LogP contribution in [-0.4, -0.2) is 25.8 Å². The summed E-state index contributed by atoms with van der Waals surface area (Å²) in [6.07, 6.45) is 0. The second kappa shape index (κ2) is 7.98. The average Bonchev–Trinajstić information content (AvgIpc) is 3.17. The van der Waals surface area contributed by atoms with Crippen LogP contribution in [-0.2, 0) is 0 Å². The number of carbonyl (C=O) groups is 1. The highest BCUT2D eigenvalue weighted by atomic mass is 16.6. The molecular formula is C23H21N5O3. The van der Waals surface area contributed by atoms with Gasteiger partial charge in [-0.15, -0.1) is 10.2 Å². The Hall–Kier alpha value is -4.07. The number of anilines is 1. The Balaban J connectivity index is 1.59. The van der Waals surface area contributed by atoms with Crippen molar-refractivity contribution in [2.24, 2.45) is 0 Å². The fourth-order valence-electron chi connectivity index (χ4n) is 3.37. The maximum absolute atomic E-state index is 12.7. The van der Waals surface area contributed by atoms with Crippen LogP contribution < -0.4 is 5.32 Å². The van der Waals surface area contributed by atoms with Gasteiger partial charge < -0.3 is 5.32 Å². The molecule has 8 heteroatoms. The first-order valence-electron chi connectivity index (χ1n) is 9.86. The number of rotatable bonds is 5. The topological polar surface area (TPSA) is 103 Å². The lowest BCUT2D eigenvalue weighted by Gasteiger charge is -2.07. The molecule has 8 nitrogen and oxygen atoms in total. The van der Waals surface area contributed by atoms with Crippen molar-refractivity contribution in [1.82, 2.24) is 15.0 Å². The molecule has 1 amide bonds. The Morgan fingerprint density at radius 1 is 1.03 bits per heavy atom. The molecule has 0 aliphatic rings. The summed E-state index contributed by atoms with van der Waals surface area (Å²) in [7, 11) is 0. The van der Waals surface area contributed by atoms with Crippen molar-refractivity contribution in [2.75, 3.05) is 5.32 Å². The lowest BCUT2D eigenvalue weighted by atomic mass is 10.0. The Morgan fingerprint density at radius 2 is 1.74 bits per heavy atom. The number of nitrogens with one attached hydrogen (secondary N) is 1. The van der Waals surface area contributed by atoms with Crippen LogP contribution in [0.5, 0.6) is 0 Å². The van der Waals surface area contributed by atoms with E-state index in [-0.39, 0.29) is 11.3 Å². The standard InChI is InChI=1S/C23H21N5O3/c1-14(2)16-7-10-18(11-8-16)27-25-20-12-9-17(13-21(20)26-27)24-23(29)19-5-4-6-22(15(19)3)28(30)31/h4-14H,1-3H3,(H,24,29). The van der Waals surface area contributed by atoms with E-state index in [0.29, 0.717) is 28.2 Å². The molecule has 0 atom stereocenters. The molecule has 0 saturated heterocycles. The molecule has 156 valence electrons. The first-order chi connectivity index (χ1) is 14.8. The number of aromatic nitrogens is 3. The van der Waals surface area contributed by atoms with Gasteiger partial charge in [0.15, 0.2) is 0 Å². The molecule has 0 saturated carbocycles. The van der Waals surface area contributed by atoms with E-state index in [0.717, 1.165) is 5.69 Å². The van der Waals surface area contributed by atoms with Crippen LogP contribution in [0.4, 0.5) is 11.4 Å². The Labute approximate surface area is 178 Å². The molecule has 0 radical (unpaired) electrons. The van der Waals surface area contributed by atoms with Gasteiger partial charge in [0, 0.05) is 22.9 Å². The van der Waals surface area contributed by atoms with Gasteiger partial charge >= 0.3 is 0 Å². The lowest BCUT2D eigenvalue weighted by molar-refractivity contribution is -0.385. The zero-order valence-corrected chi connectivity index (χ0v) is 17.4. The molecular weight excluding hydrogens is 394 g/mol. The summed E-state index contributed by atoms with van der Waals surface area (Å²) in [6.45, 7) is 5.84. The third kappa shape index (κ3) is 4.00. The zero-order valence-electron chi connectivity index (χ0n) is 17.4. The number of fused-ring (bicyclic) bond motifs is 1. The molecule has 31 heavy (non-hydrogen) atoms. The number of benzene rings is 3. The summed E-state index contributed by atoms with van der Waals surface area (Å²) in [5.41, 5.74) is 4.42. The molecule has 1 N–H and O–H groups in total. The normalized spacial score (nSPS) is 11.1. The molecule has 0 unspecified atom stereocenters. The molecule has 3 aromatic carbocycles. The SMILES string of the molecule is Cc1c(C(=O)Nc2ccc3nn(-c4ccc(C(C)C)cc4)nc3c2)cccc1[N+](=O)[O-]. The number of hydrogen-bond donors (Lipinski definition) is 1. The summed E-state index contributed by atoms with van der Waals surface area (Å²) in [6, 6.07) is 17.7. The number of carbonyl (C=O) groups excluding carboxylic acids is 1. The molecule has 0 aliphatic heterocycles. The molecule has 1 aromatic heterocycles. The predicted octanol–water partition coefficient (Wildman–Crippen LogP) is 5.01. The number of amides is 1. The van der Waals surface area contributed by atoms with E-state index in [1.807, 2.05) is 12.1 Å². The van der Waals surface area contributed by atoms with Crippen molar-refractivity contribution < 1.29 is 9.72 Å². The van der Waals surface area contributed by atoms with Crippen LogP contribution in [0.3, 0.4) is 0 Å². The highest BCUT2D eigenvalue weighted by Gasteiger charge is 2.18. The van der Waals surface area contributed by atoms with Gasteiger partial charge in [-0.25, -0.2) is 0 Å². The zero-order chi connectivity index (χ0) is 22.1. The highest BCUT2D eigenvalue weighted by molar-refractivity contribution is 6.06. The summed E-state index contributed by atoms with van der Waals surface area (Å²) in [5, 5.41) is 22.9. The van der Waals surface area contributed by atoms with Crippen molar-refractivity contribution >= 4 is 28.3 Å². The molecule has 0 fully saturated rings. The molecule has 0 spiro atoms. The van der Waals surface area contributed by atoms with E-state index in [2.05, 4.69) is 41.5 Å². The smallest absolute Gasteiger partial charge is 0.273 e. The fourth-order valence-corrected chi connectivity index (χ4v) is 3.37. The summed E-state index contributed by atoms with van der Waals surface area (Å²) >= 11 is 0. The van der Waals surface area contributed by atoms with E-state index in [9.17, 15) is 14.9 Å². The van der Waals surface area contributed by atoms with Gasteiger partial charge in [0.1, 0.15) is 11.0 Å². The largest absolute Gasteiger partial charge is 0.322 e. The quantitative estimate of drug-likeness (QED) is 0.364. The highest BCUT2D eigenvalue weighted by Crippen LogP contribution is 2.23. The van der Waals surface area contributed by atoms with Gasteiger partial charge in [0.25, 0.3) is 11.6 Å². The van der Waals surface area contributed by atoms with Gasteiger partial charge in [-0.2, -0.15) is 4.80 Å². The Bertz CT molecular complexity index is 1290. The van der Waals surface area contributed by atoms with Crippen molar-refractivity contribution in [2.45, 2.75) is 26.7 Å². The minimum Gasteiger partial charge on any atom is -0.322 e. The van der Waals surface area contributed by atoms with Crippen LogP contribution in [0.2, 0.25) is 0 Å². The van der Waals surface area contributed by atoms with Gasteiger partial charge in [-0.1, -0.05) is 32.0 Å². The summed E-state index contributed by atoms with van der Waals surface area (Å²) < 4.78 is 0. The second-order valence-corrected chi connectivity index (χ2v) is 7.60. The maximum atomic E-state index is 12.7. The monoisotopic (exact) mass is 415 g/mol. The predicted molar refractivity (Wildman–Crippen MR) is 119 cm³/mol. The minimum absolute atomic E-state index is 0.0884. The van der Waals surface area contributed by atoms with Crippen LogP contribution in [0.25, 0.3) is 16.7 Å². The minimum atomic E-state index is -0.496. The Morgan fingerprint density at radius 3 is 2.42 bits per heavy atom. The van der Waals surface area contributed by atoms with Gasteiger partial charge in [-0.3, -0.25) is 14.9 Å². The van der Waals surface area contributed by atoms with Gasteiger partial charge in [0.05, 0.1) is 10.6 Å². The number of nitro groups is 1. The van der Waals surface area contributed by atoms with E-state index in [1.54, 1.807) is 36.0 Å². The summed E-state index contributed by atoms with van der Waals surface area (Å²) in [5.74, 6) is 0.0248. The molecule has 4 rings (SSSR count).